The molecule has 16 heavy (non-hydrogen) atoms. The minimum atomic E-state index is -0.230. The largest absolute Gasteiger partial charge is 0.496 e. The fraction of sp³-hybridized carbons (Fsp3) is 0.364. The van der Waals surface area contributed by atoms with E-state index in [1.54, 1.807) is 13.2 Å². The Morgan fingerprint density at radius 1 is 1.44 bits per heavy atom. The smallest absolute Gasteiger partial charge is 0.305 e. The zero-order valence-corrected chi connectivity index (χ0v) is 12.0. The molecular weight excluding hydrogens is 342 g/mol. The molecule has 0 aromatic heterocycles. The van der Waals surface area contributed by atoms with Gasteiger partial charge in [-0.05, 0) is 40.6 Å². The monoisotopic (exact) mass is 354 g/mol. The van der Waals surface area contributed by atoms with Crippen LogP contribution in [0.1, 0.15) is 12.0 Å². The summed E-state index contributed by atoms with van der Waals surface area (Å²) in [6.45, 7) is 0. The highest BCUT2D eigenvalue weighted by atomic mass is 127. The molecule has 0 saturated carbocycles. The Balaban J connectivity index is 2.86. The number of carbonyl (C=O) groups is 1. The van der Waals surface area contributed by atoms with Gasteiger partial charge in [0.15, 0.2) is 0 Å². The Kier molecular flexibility index (Phi) is 5.34. The molecule has 0 aliphatic heterocycles. The van der Waals surface area contributed by atoms with Crippen molar-refractivity contribution in [2.24, 2.45) is 0 Å². The Bertz CT molecular complexity index is 393. The van der Waals surface area contributed by atoms with Gasteiger partial charge in [0.2, 0.25) is 0 Å². The second-order valence-electron chi connectivity index (χ2n) is 3.15. The van der Waals surface area contributed by atoms with Crippen molar-refractivity contribution in [1.82, 2.24) is 0 Å². The van der Waals surface area contributed by atoms with Crippen molar-refractivity contribution in [3.05, 3.63) is 26.3 Å². The van der Waals surface area contributed by atoms with E-state index in [0.29, 0.717) is 23.6 Å². The van der Waals surface area contributed by atoms with Crippen LogP contribution in [-0.2, 0) is 16.0 Å². The fourth-order valence-corrected chi connectivity index (χ4v) is 1.98. The number of esters is 1. The molecular formula is C11H12ClIO3. The first-order chi connectivity index (χ1) is 7.58. The molecule has 88 valence electrons. The minimum absolute atomic E-state index is 0.230. The van der Waals surface area contributed by atoms with Crippen molar-refractivity contribution in [3.8, 4) is 5.75 Å². The summed E-state index contributed by atoms with van der Waals surface area (Å²) in [5.74, 6) is 0.473. The molecule has 3 nitrogen and oxygen atoms in total. The molecule has 0 amide bonds. The number of methoxy groups -OCH3 is 2. The van der Waals surface area contributed by atoms with Gasteiger partial charge in [-0.15, -0.1) is 0 Å². The van der Waals surface area contributed by atoms with Crippen LogP contribution in [-0.4, -0.2) is 20.2 Å². The predicted molar refractivity (Wildman–Crippen MR) is 71.1 cm³/mol. The summed E-state index contributed by atoms with van der Waals surface area (Å²) in [6, 6.07) is 3.68. The van der Waals surface area contributed by atoms with Crippen LogP contribution in [0.2, 0.25) is 5.02 Å². The molecule has 1 rings (SSSR count). The zero-order valence-electron chi connectivity index (χ0n) is 9.05. The van der Waals surface area contributed by atoms with Crippen LogP contribution in [0.25, 0.3) is 0 Å². The van der Waals surface area contributed by atoms with Gasteiger partial charge in [-0.1, -0.05) is 11.6 Å². The summed E-state index contributed by atoms with van der Waals surface area (Å²) >= 11 is 8.12. The maximum Gasteiger partial charge on any atom is 0.305 e. The average molecular weight is 355 g/mol. The van der Waals surface area contributed by atoms with Gasteiger partial charge < -0.3 is 9.47 Å². The lowest BCUT2D eigenvalue weighted by Gasteiger charge is -2.09. The first-order valence-corrected chi connectivity index (χ1v) is 6.13. The predicted octanol–water partition coefficient (Wildman–Crippen LogP) is 3.06. The molecule has 5 heteroatoms. The van der Waals surface area contributed by atoms with Crippen LogP contribution in [0.4, 0.5) is 0 Å². The zero-order chi connectivity index (χ0) is 12.1. The standard InChI is InChI=1S/C11H12ClIO3/c1-15-10-6-8(12)9(13)5-7(10)3-4-11(14)16-2/h5-6H,3-4H2,1-2H3. The summed E-state index contributed by atoms with van der Waals surface area (Å²) in [6.07, 6.45) is 0.924. The van der Waals surface area contributed by atoms with Crippen LogP contribution >= 0.6 is 34.2 Å². The van der Waals surface area contributed by atoms with E-state index in [1.807, 2.05) is 6.07 Å². The summed E-state index contributed by atoms with van der Waals surface area (Å²) in [7, 11) is 2.96. The number of rotatable bonds is 4. The topological polar surface area (TPSA) is 35.5 Å². The van der Waals surface area contributed by atoms with Crippen molar-refractivity contribution in [1.29, 1.82) is 0 Å². The van der Waals surface area contributed by atoms with Crippen molar-refractivity contribution < 1.29 is 14.3 Å². The lowest BCUT2D eigenvalue weighted by molar-refractivity contribution is -0.140. The molecule has 0 fully saturated rings. The number of ether oxygens (including phenoxy) is 2. The van der Waals surface area contributed by atoms with Gasteiger partial charge in [0, 0.05) is 16.1 Å². The Labute approximate surface area is 113 Å². The van der Waals surface area contributed by atoms with Gasteiger partial charge in [0.25, 0.3) is 0 Å². The van der Waals surface area contributed by atoms with E-state index in [0.717, 1.165) is 9.13 Å². The summed E-state index contributed by atoms with van der Waals surface area (Å²) in [4.78, 5) is 11.0. The summed E-state index contributed by atoms with van der Waals surface area (Å²) < 4.78 is 10.7. The molecule has 0 radical (unpaired) electrons. The third-order valence-corrected chi connectivity index (χ3v) is 3.67. The van der Waals surface area contributed by atoms with Crippen molar-refractivity contribution in [2.45, 2.75) is 12.8 Å². The highest BCUT2D eigenvalue weighted by Gasteiger charge is 2.09. The molecule has 1 aromatic carbocycles. The quantitative estimate of drug-likeness (QED) is 0.616. The van der Waals surface area contributed by atoms with E-state index in [4.69, 9.17) is 16.3 Å². The first kappa shape index (κ1) is 13.6. The second kappa shape index (κ2) is 6.30. The van der Waals surface area contributed by atoms with Crippen molar-refractivity contribution >= 4 is 40.2 Å². The molecule has 1 aromatic rings. The molecule has 0 aliphatic carbocycles. The first-order valence-electron chi connectivity index (χ1n) is 4.67. The third-order valence-electron chi connectivity index (χ3n) is 2.15. The van der Waals surface area contributed by atoms with Crippen LogP contribution in [0, 0.1) is 3.57 Å². The van der Waals surface area contributed by atoms with Crippen LogP contribution in [0.5, 0.6) is 5.75 Å². The molecule has 0 unspecified atom stereocenters. The number of carbonyl (C=O) groups excluding carboxylic acids is 1. The van der Waals surface area contributed by atoms with Gasteiger partial charge in [0.1, 0.15) is 5.75 Å². The van der Waals surface area contributed by atoms with Gasteiger partial charge in [-0.2, -0.15) is 0 Å². The van der Waals surface area contributed by atoms with E-state index in [-0.39, 0.29) is 5.97 Å². The normalized spacial score (nSPS) is 10.0. The van der Waals surface area contributed by atoms with Crippen molar-refractivity contribution in [3.63, 3.8) is 0 Å². The molecule has 0 atom stereocenters. The Morgan fingerprint density at radius 3 is 2.69 bits per heavy atom. The van der Waals surface area contributed by atoms with E-state index >= 15 is 0 Å². The van der Waals surface area contributed by atoms with E-state index in [1.165, 1.54) is 7.11 Å². The summed E-state index contributed by atoms with van der Waals surface area (Å²) in [5.41, 5.74) is 0.960. The number of benzene rings is 1. The second-order valence-corrected chi connectivity index (χ2v) is 4.72. The highest BCUT2D eigenvalue weighted by molar-refractivity contribution is 14.1. The van der Waals surface area contributed by atoms with Crippen LogP contribution in [0.15, 0.2) is 12.1 Å². The summed E-state index contributed by atoms with van der Waals surface area (Å²) in [5, 5.41) is 0.652. The third kappa shape index (κ3) is 3.52. The highest BCUT2D eigenvalue weighted by Crippen LogP contribution is 2.29. The molecule has 0 bridgehead atoms. The average Bonchev–Trinajstić information content (AvgIpc) is 2.29. The van der Waals surface area contributed by atoms with Gasteiger partial charge in [-0.25, -0.2) is 0 Å². The lowest BCUT2D eigenvalue weighted by Crippen LogP contribution is -2.03. The van der Waals surface area contributed by atoms with E-state index < -0.39 is 0 Å². The number of halogens is 2. The fourth-order valence-electron chi connectivity index (χ4n) is 1.29. The van der Waals surface area contributed by atoms with Gasteiger partial charge >= 0.3 is 5.97 Å². The van der Waals surface area contributed by atoms with Crippen molar-refractivity contribution in [2.75, 3.05) is 14.2 Å². The minimum Gasteiger partial charge on any atom is -0.496 e. The maximum absolute atomic E-state index is 11.0. The molecule has 0 N–H and O–H groups in total. The number of aryl methyl sites for hydroxylation is 1. The Hall–Kier alpha value is -0.490. The van der Waals surface area contributed by atoms with E-state index in [2.05, 4.69) is 27.3 Å². The lowest BCUT2D eigenvalue weighted by atomic mass is 10.1. The van der Waals surface area contributed by atoms with Gasteiger partial charge in [0.05, 0.1) is 19.2 Å². The number of hydrogen-bond donors (Lipinski definition) is 0. The maximum atomic E-state index is 11.0. The van der Waals surface area contributed by atoms with Crippen LogP contribution in [0.3, 0.4) is 0 Å². The molecule has 0 heterocycles. The van der Waals surface area contributed by atoms with E-state index in [9.17, 15) is 4.79 Å². The Morgan fingerprint density at radius 2 is 2.12 bits per heavy atom. The molecule has 0 spiro atoms. The number of hydrogen-bond acceptors (Lipinski definition) is 3. The SMILES string of the molecule is COC(=O)CCc1cc(I)c(Cl)cc1OC. The molecule has 0 saturated heterocycles. The van der Waals surface area contributed by atoms with Gasteiger partial charge in [-0.3, -0.25) is 4.79 Å². The van der Waals surface area contributed by atoms with Crippen LogP contribution < -0.4 is 4.74 Å². The molecule has 0 aliphatic rings.